The molecule has 1 saturated carbocycles. The molecule has 1 aliphatic rings. The van der Waals surface area contributed by atoms with E-state index in [0.717, 1.165) is 32.1 Å². The molecule has 0 spiro atoms. The zero-order valence-corrected chi connectivity index (χ0v) is 8.10. The van der Waals surface area contributed by atoms with Crippen molar-refractivity contribution in [3.05, 3.63) is 0 Å². The van der Waals surface area contributed by atoms with Gasteiger partial charge in [-0.2, -0.15) is 5.26 Å². The summed E-state index contributed by atoms with van der Waals surface area (Å²) >= 11 is 0. The minimum absolute atomic E-state index is 0.0194. The van der Waals surface area contributed by atoms with Gasteiger partial charge in [0.05, 0.1) is 6.07 Å². The molecule has 3 heteroatoms. The van der Waals surface area contributed by atoms with Crippen LogP contribution in [-0.4, -0.2) is 11.4 Å². The van der Waals surface area contributed by atoms with Crippen LogP contribution in [-0.2, 0) is 4.79 Å². The maximum Gasteiger partial charge on any atom is 0.221 e. The molecule has 0 atom stereocenters. The van der Waals surface area contributed by atoms with Gasteiger partial charge in [-0.25, -0.2) is 0 Å². The molecule has 0 saturated heterocycles. The van der Waals surface area contributed by atoms with Crippen molar-refractivity contribution in [2.75, 3.05) is 0 Å². The first-order valence-corrected chi connectivity index (χ1v) is 4.95. The third-order valence-corrected chi connectivity index (χ3v) is 2.53. The zero-order chi connectivity index (χ0) is 9.73. The second kappa shape index (κ2) is 4.27. The van der Waals surface area contributed by atoms with Crippen molar-refractivity contribution in [3.63, 3.8) is 0 Å². The van der Waals surface area contributed by atoms with Gasteiger partial charge in [0, 0.05) is 6.42 Å². The van der Waals surface area contributed by atoms with Gasteiger partial charge in [0.15, 0.2) is 0 Å². The van der Waals surface area contributed by atoms with Crippen molar-refractivity contribution in [1.82, 2.24) is 5.32 Å². The third-order valence-electron chi connectivity index (χ3n) is 2.53. The third kappa shape index (κ3) is 2.45. The molecule has 0 aliphatic heterocycles. The Hall–Kier alpha value is -1.04. The molecule has 0 aromatic carbocycles. The Morgan fingerprint density at radius 1 is 1.54 bits per heavy atom. The van der Waals surface area contributed by atoms with Gasteiger partial charge in [-0.15, -0.1) is 0 Å². The van der Waals surface area contributed by atoms with Gasteiger partial charge >= 0.3 is 0 Å². The van der Waals surface area contributed by atoms with Gasteiger partial charge in [0.1, 0.15) is 5.54 Å². The molecule has 13 heavy (non-hydrogen) atoms. The molecule has 3 nitrogen and oxygen atoms in total. The number of carbonyl (C=O) groups is 1. The lowest BCUT2D eigenvalue weighted by Crippen LogP contribution is -2.44. The minimum atomic E-state index is -0.535. The van der Waals surface area contributed by atoms with Gasteiger partial charge in [-0.05, 0) is 32.1 Å². The summed E-state index contributed by atoms with van der Waals surface area (Å²) in [7, 11) is 0. The summed E-state index contributed by atoms with van der Waals surface area (Å²) in [6, 6.07) is 2.23. The largest absolute Gasteiger partial charge is 0.338 e. The summed E-state index contributed by atoms with van der Waals surface area (Å²) < 4.78 is 0. The molecule has 72 valence electrons. The van der Waals surface area contributed by atoms with Crippen LogP contribution >= 0.6 is 0 Å². The van der Waals surface area contributed by atoms with Crippen LogP contribution in [0.25, 0.3) is 0 Å². The van der Waals surface area contributed by atoms with Gasteiger partial charge in [-0.1, -0.05) is 6.92 Å². The number of nitrogens with zero attached hydrogens (tertiary/aromatic N) is 1. The normalized spacial score (nSPS) is 19.4. The average Bonchev–Trinajstić information content (AvgIpc) is 2.54. The molecule has 1 fully saturated rings. The molecule has 1 amide bonds. The predicted molar refractivity (Wildman–Crippen MR) is 49.9 cm³/mol. The first-order chi connectivity index (χ1) is 6.22. The first kappa shape index (κ1) is 10.0. The summed E-state index contributed by atoms with van der Waals surface area (Å²) in [6.45, 7) is 1.97. The van der Waals surface area contributed by atoms with Crippen LogP contribution in [0.3, 0.4) is 0 Å². The second-order valence-electron chi connectivity index (χ2n) is 3.70. The SMILES string of the molecule is CCCC(=O)NC1(C#N)CCCC1. The van der Waals surface area contributed by atoms with E-state index in [1.165, 1.54) is 0 Å². The highest BCUT2D eigenvalue weighted by molar-refractivity contribution is 5.77. The Kier molecular flexibility index (Phi) is 3.30. The fraction of sp³-hybridized carbons (Fsp3) is 0.800. The van der Waals surface area contributed by atoms with Crippen molar-refractivity contribution in [2.24, 2.45) is 0 Å². The average molecular weight is 180 g/mol. The molecule has 0 heterocycles. The number of rotatable bonds is 3. The van der Waals surface area contributed by atoms with E-state index >= 15 is 0 Å². The van der Waals surface area contributed by atoms with E-state index in [1.54, 1.807) is 0 Å². The molecule has 0 aromatic rings. The van der Waals surface area contributed by atoms with Crippen LogP contribution in [0.2, 0.25) is 0 Å². The molecule has 1 rings (SSSR count). The Morgan fingerprint density at radius 2 is 2.15 bits per heavy atom. The van der Waals surface area contributed by atoms with Crippen LogP contribution in [0.1, 0.15) is 45.4 Å². The molecule has 1 aliphatic carbocycles. The van der Waals surface area contributed by atoms with Crippen LogP contribution in [0, 0.1) is 11.3 Å². The van der Waals surface area contributed by atoms with E-state index < -0.39 is 5.54 Å². The molecular formula is C10H16N2O. The second-order valence-corrected chi connectivity index (χ2v) is 3.70. The lowest BCUT2D eigenvalue weighted by Gasteiger charge is -2.21. The van der Waals surface area contributed by atoms with Gasteiger partial charge < -0.3 is 5.32 Å². The zero-order valence-electron chi connectivity index (χ0n) is 8.10. The van der Waals surface area contributed by atoms with Gasteiger partial charge in [0.2, 0.25) is 5.91 Å². The minimum Gasteiger partial charge on any atom is -0.338 e. The summed E-state index contributed by atoms with van der Waals surface area (Å²) in [5, 5.41) is 11.8. The van der Waals surface area contributed by atoms with Crippen LogP contribution in [0.15, 0.2) is 0 Å². The molecule has 0 unspecified atom stereocenters. The Bertz CT molecular complexity index is 224. The van der Waals surface area contributed by atoms with Gasteiger partial charge in [0.25, 0.3) is 0 Å². The Labute approximate surface area is 79.1 Å². The van der Waals surface area contributed by atoms with Crippen LogP contribution < -0.4 is 5.32 Å². The molecule has 1 N–H and O–H groups in total. The highest BCUT2D eigenvalue weighted by atomic mass is 16.1. The number of nitrogens with one attached hydrogen (secondary N) is 1. The summed E-state index contributed by atoms with van der Waals surface area (Å²) in [4.78, 5) is 11.3. The fourth-order valence-corrected chi connectivity index (χ4v) is 1.80. The standard InChI is InChI=1S/C10H16N2O/c1-2-5-9(13)12-10(8-11)6-3-4-7-10/h2-7H2,1H3,(H,12,13). The van der Waals surface area contributed by atoms with Crippen molar-refractivity contribution < 1.29 is 4.79 Å². The van der Waals surface area contributed by atoms with Gasteiger partial charge in [-0.3, -0.25) is 4.79 Å². The monoisotopic (exact) mass is 180 g/mol. The number of hydrogen-bond acceptors (Lipinski definition) is 2. The van der Waals surface area contributed by atoms with E-state index in [9.17, 15) is 4.79 Å². The van der Waals surface area contributed by atoms with E-state index in [2.05, 4.69) is 11.4 Å². The van der Waals surface area contributed by atoms with E-state index in [1.807, 2.05) is 6.92 Å². The number of hydrogen-bond donors (Lipinski definition) is 1. The van der Waals surface area contributed by atoms with Crippen molar-refractivity contribution in [2.45, 2.75) is 51.0 Å². The van der Waals surface area contributed by atoms with Crippen LogP contribution in [0.4, 0.5) is 0 Å². The molecular weight excluding hydrogens is 164 g/mol. The van der Waals surface area contributed by atoms with Crippen LogP contribution in [0.5, 0.6) is 0 Å². The number of carbonyl (C=O) groups excluding carboxylic acids is 1. The fourth-order valence-electron chi connectivity index (χ4n) is 1.80. The Morgan fingerprint density at radius 3 is 2.62 bits per heavy atom. The van der Waals surface area contributed by atoms with Crippen molar-refractivity contribution in [3.8, 4) is 6.07 Å². The topological polar surface area (TPSA) is 52.9 Å². The molecule has 0 aromatic heterocycles. The number of amides is 1. The molecule has 0 radical (unpaired) electrons. The number of nitriles is 1. The maximum absolute atomic E-state index is 11.3. The smallest absolute Gasteiger partial charge is 0.221 e. The molecule has 0 bridgehead atoms. The first-order valence-electron chi connectivity index (χ1n) is 4.95. The van der Waals surface area contributed by atoms with E-state index in [-0.39, 0.29) is 5.91 Å². The van der Waals surface area contributed by atoms with E-state index in [0.29, 0.717) is 6.42 Å². The summed E-state index contributed by atoms with van der Waals surface area (Å²) in [5.74, 6) is 0.0194. The lowest BCUT2D eigenvalue weighted by atomic mass is 9.99. The van der Waals surface area contributed by atoms with Crippen molar-refractivity contribution >= 4 is 5.91 Å². The maximum atomic E-state index is 11.3. The predicted octanol–water partition coefficient (Wildman–Crippen LogP) is 1.74. The van der Waals surface area contributed by atoms with Crippen molar-refractivity contribution in [1.29, 1.82) is 5.26 Å². The highest BCUT2D eigenvalue weighted by Crippen LogP contribution is 2.28. The summed E-state index contributed by atoms with van der Waals surface area (Å²) in [6.07, 6.45) is 5.12. The quantitative estimate of drug-likeness (QED) is 0.719. The summed E-state index contributed by atoms with van der Waals surface area (Å²) in [5.41, 5.74) is -0.535. The highest BCUT2D eigenvalue weighted by Gasteiger charge is 2.34. The Balaban J connectivity index is 2.49. The lowest BCUT2D eigenvalue weighted by molar-refractivity contribution is -0.122. The van der Waals surface area contributed by atoms with E-state index in [4.69, 9.17) is 5.26 Å².